The minimum absolute atomic E-state index is 0.204. The van der Waals surface area contributed by atoms with Gasteiger partial charge in [0, 0.05) is 31.9 Å². The van der Waals surface area contributed by atoms with Crippen LogP contribution in [0.15, 0.2) is 24.5 Å². The van der Waals surface area contributed by atoms with E-state index in [0.717, 1.165) is 49.7 Å². The molecule has 2 N–H and O–H groups in total. The highest BCUT2D eigenvalue weighted by Gasteiger charge is 2.12. The highest BCUT2D eigenvalue weighted by Crippen LogP contribution is 2.24. The summed E-state index contributed by atoms with van der Waals surface area (Å²) in [5.74, 6) is 0.417. The molecule has 7 nitrogen and oxygen atoms in total. The molecule has 0 radical (unpaired) electrons. The number of nitrogens with one attached hydrogen (secondary N) is 2. The molecule has 1 fully saturated rings. The fourth-order valence-electron chi connectivity index (χ4n) is 3.26. The Hall–Kier alpha value is -2.51. The number of nitrogens with zero attached hydrogens (tertiary/aromatic N) is 3. The number of ether oxygens (including phenoxy) is 1. The molecule has 3 rings (SSSR count). The van der Waals surface area contributed by atoms with Crippen molar-refractivity contribution >= 4 is 17.4 Å². The van der Waals surface area contributed by atoms with Crippen molar-refractivity contribution in [3.05, 3.63) is 46.9 Å². The third kappa shape index (κ3) is 5.24. The molecule has 0 unspecified atom stereocenters. The van der Waals surface area contributed by atoms with Crippen LogP contribution in [0.1, 0.15) is 27.2 Å². The molecule has 27 heavy (non-hydrogen) atoms. The van der Waals surface area contributed by atoms with Crippen LogP contribution >= 0.6 is 0 Å². The van der Waals surface area contributed by atoms with Gasteiger partial charge in [-0.3, -0.25) is 9.69 Å². The first-order valence-electron chi connectivity index (χ1n) is 9.28. The number of hydrogen-bond acceptors (Lipinski definition) is 6. The number of anilines is 2. The standard InChI is InChI=1S/C20H27N5O2/c1-14-10-15(2)19(16(3)11-14)24-18-13-22-17(12-23-18)20(26)21-4-5-25-6-8-27-9-7-25/h10-13H,4-9H2,1-3H3,(H,21,26)(H,23,24). The topological polar surface area (TPSA) is 79.4 Å². The zero-order valence-electron chi connectivity index (χ0n) is 16.2. The Morgan fingerprint density at radius 3 is 2.44 bits per heavy atom. The lowest BCUT2D eigenvalue weighted by molar-refractivity contribution is 0.0383. The first-order valence-corrected chi connectivity index (χ1v) is 9.28. The van der Waals surface area contributed by atoms with Crippen molar-refractivity contribution in [1.82, 2.24) is 20.2 Å². The summed E-state index contributed by atoms with van der Waals surface area (Å²) in [5, 5.41) is 6.19. The van der Waals surface area contributed by atoms with Crippen molar-refractivity contribution in [1.29, 1.82) is 0 Å². The predicted molar refractivity (Wildman–Crippen MR) is 106 cm³/mol. The molecule has 1 aromatic heterocycles. The Labute approximate surface area is 160 Å². The molecule has 1 saturated heterocycles. The molecular formula is C20H27N5O2. The maximum atomic E-state index is 12.2. The van der Waals surface area contributed by atoms with Crippen LogP contribution < -0.4 is 10.6 Å². The molecule has 1 aliphatic heterocycles. The van der Waals surface area contributed by atoms with Crippen molar-refractivity contribution < 1.29 is 9.53 Å². The van der Waals surface area contributed by atoms with E-state index in [2.05, 4.69) is 58.4 Å². The van der Waals surface area contributed by atoms with Crippen LogP contribution in [0.2, 0.25) is 0 Å². The number of hydrogen-bond donors (Lipinski definition) is 2. The first-order chi connectivity index (χ1) is 13.0. The van der Waals surface area contributed by atoms with Crippen molar-refractivity contribution in [2.75, 3.05) is 44.7 Å². The number of carbonyl (C=O) groups is 1. The maximum Gasteiger partial charge on any atom is 0.271 e. The number of aryl methyl sites for hydroxylation is 3. The number of amides is 1. The number of aromatic nitrogens is 2. The Morgan fingerprint density at radius 2 is 1.81 bits per heavy atom. The Kier molecular flexibility index (Phi) is 6.36. The fraction of sp³-hybridized carbons (Fsp3) is 0.450. The molecule has 0 bridgehead atoms. The van der Waals surface area contributed by atoms with E-state index in [4.69, 9.17) is 4.74 Å². The number of morpholine rings is 1. The average molecular weight is 369 g/mol. The van der Waals surface area contributed by atoms with Gasteiger partial charge >= 0.3 is 0 Å². The molecule has 144 valence electrons. The zero-order chi connectivity index (χ0) is 19.2. The summed E-state index contributed by atoms with van der Waals surface area (Å²) in [4.78, 5) is 23.1. The minimum atomic E-state index is -0.204. The fourth-order valence-corrected chi connectivity index (χ4v) is 3.26. The van der Waals surface area contributed by atoms with E-state index in [-0.39, 0.29) is 5.91 Å². The van der Waals surface area contributed by atoms with Gasteiger partial charge in [0.1, 0.15) is 11.5 Å². The Balaban J connectivity index is 1.54. The minimum Gasteiger partial charge on any atom is -0.379 e. The average Bonchev–Trinajstić information content (AvgIpc) is 2.66. The summed E-state index contributed by atoms with van der Waals surface area (Å²) in [6, 6.07) is 4.25. The molecule has 0 spiro atoms. The van der Waals surface area contributed by atoms with Gasteiger partial charge in [0.15, 0.2) is 0 Å². The smallest absolute Gasteiger partial charge is 0.271 e. The van der Waals surface area contributed by atoms with Crippen molar-refractivity contribution in [2.24, 2.45) is 0 Å². The van der Waals surface area contributed by atoms with Gasteiger partial charge in [-0.1, -0.05) is 17.7 Å². The molecule has 2 heterocycles. The predicted octanol–water partition coefficient (Wildman–Crippen LogP) is 2.21. The van der Waals surface area contributed by atoms with Gasteiger partial charge in [0.05, 0.1) is 25.6 Å². The third-order valence-electron chi connectivity index (χ3n) is 4.63. The molecule has 0 saturated carbocycles. The third-order valence-corrected chi connectivity index (χ3v) is 4.63. The normalized spacial score (nSPS) is 14.8. The quantitative estimate of drug-likeness (QED) is 0.813. The van der Waals surface area contributed by atoms with Gasteiger partial charge in [0.2, 0.25) is 0 Å². The highest BCUT2D eigenvalue weighted by molar-refractivity contribution is 5.92. The maximum absolute atomic E-state index is 12.2. The van der Waals surface area contributed by atoms with Crippen molar-refractivity contribution in [3.63, 3.8) is 0 Å². The van der Waals surface area contributed by atoms with E-state index >= 15 is 0 Å². The van der Waals surface area contributed by atoms with Crippen molar-refractivity contribution in [3.8, 4) is 0 Å². The number of benzene rings is 1. The lowest BCUT2D eigenvalue weighted by Gasteiger charge is -2.26. The van der Waals surface area contributed by atoms with Gasteiger partial charge in [-0.15, -0.1) is 0 Å². The van der Waals surface area contributed by atoms with E-state index < -0.39 is 0 Å². The molecule has 7 heteroatoms. The van der Waals surface area contributed by atoms with Gasteiger partial charge in [-0.2, -0.15) is 0 Å². The summed E-state index contributed by atoms with van der Waals surface area (Å²) >= 11 is 0. The van der Waals surface area contributed by atoms with Gasteiger partial charge in [0.25, 0.3) is 5.91 Å². The molecule has 0 aliphatic carbocycles. The van der Waals surface area contributed by atoms with Crippen LogP contribution in [0.5, 0.6) is 0 Å². The summed E-state index contributed by atoms with van der Waals surface area (Å²) in [6.07, 6.45) is 3.10. The largest absolute Gasteiger partial charge is 0.379 e. The van der Waals surface area contributed by atoms with E-state index in [9.17, 15) is 4.79 Å². The van der Waals surface area contributed by atoms with Crippen LogP contribution in [-0.4, -0.2) is 60.2 Å². The van der Waals surface area contributed by atoms with Crippen molar-refractivity contribution in [2.45, 2.75) is 20.8 Å². The number of rotatable bonds is 6. The van der Waals surface area contributed by atoms with Crippen LogP contribution in [-0.2, 0) is 4.74 Å². The van der Waals surface area contributed by atoms with Gasteiger partial charge in [-0.25, -0.2) is 9.97 Å². The summed E-state index contributed by atoms with van der Waals surface area (Å²) in [5.41, 5.74) is 4.88. The molecule has 2 aromatic rings. The van der Waals surface area contributed by atoms with E-state index in [1.807, 2.05) is 0 Å². The molecular weight excluding hydrogens is 342 g/mol. The molecule has 1 aromatic carbocycles. The summed E-state index contributed by atoms with van der Waals surface area (Å²) in [7, 11) is 0. The summed E-state index contributed by atoms with van der Waals surface area (Å²) < 4.78 is 5.32. The number of carbonyl (C=O) groups excluding carboxylic acids is 1. The second-order valence-corrected chi connectivity index (χ2v) is 6.90. The second kappa shape index (κ2) is 8.92. The zero-order valence-corrected chi connectivity index (χ0v) is 16.2. The Morgan fingerprint density at radius 1 is 1.11 bits per heavy atom. The lowest BCUT2D eigenvalue weighted by atomic mass is 10.1. The first kappa shape index (κ1) is 19.3. The van der Waals surface area contributed by atoms with Gasteiger partial charge in [-0.05, 0) is 31.9 Å². The highest BCUT2D eigenvalue weighted by atomic mass is 16.5. The Bertz CT molecular complexity index is 762. The monoisotopic (exact) mass is 369 g/mol. The van der Waals surface area contributed by atoms with Gasteiger partial charge < -0.3 is 15.4 Å². The second-order valence-electron chi connectivity index (χ2n) is 6.90. The van der Waals surface area contributed by atoms with Crippen LogP contribution in [0.25, 0.3) is 0 Å². The lowest BCUT2D eigenvalue weighted by Crippen LogP contribution is -2.41. The van der Waals surface area contributed by atoms with Crippen LogP contribution in [0.4, 0.5) is 11.5 Å². The summed E-state index contributed by atoms with van der Waals surface area (Å²) in [6.45, 7) is 10.9. The molecule has 1 amide bonds. The molecule has 0 atom stereocenters. The van der Waals surface area contributed by atoms with Crippen LogP contribution in [0.3, 0.4) is 0 Å². The van der Waals surface area contributed by atoms with E-state index in [1.54, 1.807) is 6.20 Å². The van der Waals surface area contributed by atoms with E-state index in [1.165, 1.54) is 11.8 Å². The van der Waals surface area contributed by atoms with Crippen LogP contribution in [0, 0.1) is 20.8 Å². The van der Waals surface area contributed by atoms with E-state index in [0.29, 0.717) is 18.1 Å². The SMILES string of the molecule is Cc1cc(C)c(Nc2cnc(C(=O)NCCN3CCOCC3)cn2)c(C)c1. The molecule has 1 aliphatic rings.